The fourth-order valence-corrected chi connectivity index (χ4v) is 4.13. The first kappa shape index (κ1) is 27.7. The number of benzene rings is 4. The van der Waals surface area contributed by atoms with E-state index >= 15 is 0 Å². The second-order valence-electron chi connectivity index (χ2n) is 9.07. The van der Waals surface area contributed by atoms with Gasteiger partial charge in [-0.25, -0.2) is 17.6 Å². The molecule has 0 aliphatic rings. The second-order valence-corrected chi connectivity index (χ2v) is 9.07. The molecule has 200 valence electrons. The zero-order valence-corrected chi connectivity index (χ0v) is 21.2. The van der Waals surface area contributed by atoms with Gasteiger partial charge in [0.25, 0.3) is 0 Å². The third-order valence-corrected chi connectivity index (χ3v) is 6.26. The van der Waals surface area contributed by atoms with Gasteiger partial charge in [0, 0.05) is 11.6 Å². The summed E-state index contributed by atoms with van der Waals surface area (Å²) >= 11 is 0. The number of hydrogen-bond donors (Lipinski definition) is 0. The summed E-state index contributed by atoms with van der Waals surface area (Å²) in [4.78, 5) is 0. The highest BCUT2D eigenvalue weighted by Gasteiger charge is 2.14. The first-order valence-electron chi connectivity index (χ1n) is 12.8. The fraction of sp³-hybridized carbons (Fsp3) is 0.219. The average Bonchev–Trinajstić information content (AvgIpc) is 2.95. The van der Waals surface area contributed by atoms with Crippen molar-refractivity contribution in [1.82, 2.24) is 0 Å². The first-order chi connectivity index (χ1) is 18.9. The number of nitrogens with zero attached hydrogens (tertiary/aromatic N) is 1. The van der Waals surface area contributed by atoms with Crippen LogP contribution in [0.4, 0.5) is 17.6 Å². The van der Waals surface area contributed by atoms with E-state index in [1.807, 2.05) is 36.4 Å². The predicted molar refractivity (Wildman–Crippen MR) is 142 cm³/mol. The van der Waals surface area contributed by atoms with E-state index in [1.165, 1.54) is 12.1 Å². The molecule has 4 rings (SSSR count). The van der Waals surface area contributed by atoms with Crippen LogP contribution in [0.1, 0.15) is 37.7 Å². The molecule has 0 N–H and O–H groups in total. The minimum absolute atomic E-state index is 0.0374. The van der Waals surface area contributed by atoms with Crippen LogP contribution in [0.25, 0.3) is 22.3 Å². The van der Waals surface area contributed by atoms with Gasteiger partial charge in [-0.15, -0.1) is 0 Å². The molecule has 4 aromatic rings. The van der Waals surface area contributed by atoms with E-state index in [1.54, 1.807) is 12.1 Å². The van der Waals surface area contributed by atoms with Crippen molar-refractivity contribution in [3.05, 3.63) is 108 Å². The van der Waals surface area contributed by atoms with Crippen molar-refractivity contribution in [3.8, 4) is 39.8 Å². The van der Waals surface area contributed by atoms with Crippen LogP contribution in [0.5, 0.6) is 11.5 Å². The molecule has 39 heavy (non-hydrogen) atoms. The summed E-state index contributed by atoms with van der Waals surface area (Å²) in [6, 6.07) is 23.0. The number of unbranched alkanes of at least 4 members (excludes halogenated alkanes) is 4. The largest absolute Gasteiger partial charge is 0.494 e. The van der Waals surface area contributed by atoms with Crippen molar-refractivity contribution in [2.45, 2.75) is 32.1 Å². The van der Waals surface area contributed by atoms with Gasteiger partial charge in [0.15, 0.2) is 17.5 Å². The third-order valence-electron chi connectivity index (χ3n) is 6.26. The number of ether oxygens (including phenoxy) is 2. The molecular formula is C32H27F4NO2. The minimum atomic E-state index is -1.58. The maximum atomic E-state index is 14.5. The highest BCUT2D eigenvalue weighted by molar-refractivity contribution is 5.66. The minimum Gasteiger partial charge on any atom is -0.494 e. The number of halogens is 4. The van der Waals surface area contributed by atoms with Crippen LogP contribution in [0, 0.1) is 34.6 Å². The smallest absolute Gasteiger partial charge is 0.194 e. The summed E-state index contributed by atoms with van der Waals surface area (Å²) in [5.41, 5.74) is 2.62. The van der Waals surface area contributed by atoms with Gasteiger partial charge in [0.05, 0.1) is 24.8 Å². The predicted octanol–water partition coefficient (Wildman–Crippen LogP) is 8.86. The molecule has 4 aromatic carbocycles. The first-order valence-corrected chi connectivity index (χ1v) is 12.8. The lowest BCUT2D eigenvalue weighted by molar-refractivity contribution is 0.293. The molecule has 0 unspecified atom stereocenters. The van der Waals surface area contributed by atoms with E-state index in [2.05, 4.69) is 6.07 Å². The van der Waals surface area contributed by atoms with E-state index in [0.717, 1.165) is 67.2 Å². The Kier molecular flexibility index (Phi) is 9.58. The molecule has 0 bridgehead atoms. The molecule has 0 spiro atoms. The Bertz CT molecular complexity index is 1410. The lowest BCUT2D eigenvalue weighted by Crippen LogP contribution is -2.00. The Morgan fingerprint density at radius 2 is 1.05 bits per heavy atom. The summed E-state index contributed by atoms with van der Waals surface area (Å²) in [6.07, 6.45) is 4.70. The van der Waals surface area contributed by atoms with Crippen molar-refractivity contribution < 1.29 is 27.0 Å². The Labute approximate surface area is 225 Å². The molecule has 7 heteroatoms. The molecule has 0 aliphatic carbocycles. The molecule has 0 saturated heterocycles. The molecule has 3 nitrogen and oxygen atoms in total. The van der Waals surface area contributed by atoms with Crippen LogP contribution in [0.15, 0.2) is 78.9 Å². The fourth-order valence-electron chi connectivity index (χ4n) is 4.13. The molecule has 0 radical (unpaired) electrons. The van der Waals surface area contributed by atoms with Gasteiger partial charge in [-0.2, -0.15) is 5.26 Å². The van der Waals surface area contributed by atoms with E-state index < -0.39 is 23.3 Å². The molecule has 0 heterocycles. The highest BCUT2D eigenvalue weighted by Crippen LogP contribution is 2.29. The van der Waals surface area contributed by atoms with Crippen molar-refractivity contribution >= 4 is 0 Å². The zero-order valence-electron chi connectivity index (χ0n) is 21.2. The van der Waals surface area contributed by atoms with Gasteiger partial charge in [0.1, 0.15) is 17.3 Å². The zero-order chi connectivity index (χ0) is 27.6. The Morgan fingerprint density at radius 1 is 0.538 bits per heavy atom. The van der Waals surface area contributed by atoms with E-state index in [-0.39, 0.29) is 11.1 Å². The lowest BCUT2D eigenvalue weighted by Gasteiger charge is -2.10. The molecule has 0 aliphatic heterocycles. The van der Waals surface area contributed by atoms with E-state index in [4.69, 9.17) is 14.7 Å². The third kappa shape index (κ3) is 7.61. The maximum absolute atomic E-state index is 14.5. The maximum Gasteiger partial charge on any atom is 0.194 e. The standard InChI is InChI=1S/C32H27F4NO2/c33-29-20-27(14-15-28(29)25-18-30(34)32(36)31(35)19-25)39-17-5-3-1-2-4-16-38-26-12-10-24(11-13-26)23-8-6-22(21-37)7-9-23/h6-15,18-20H,1-5,16-17H2. The quantitative estimate of drug-likeness (QED) is 0.104. The molecule has 0 aromatic heterocycles. The van der Waals surface area contributed by atoms with Gasteiger partial charge in [0.2, 0.25) is 0 Å². The molecule has 0 fully saturated rings. The Balaban J connectivity index is 1.10. The second kappa shape index (κ2) is 13.5. The van der Waals surface area contributed by atoms with Crippen LogP contribution >= 0.6 is 0 Å². The van der Waals surface area contributed by atoms with Crippen LogP contribution in [-0.4, -0.2) is 13.2 Å². The summed E-state index contributed by atoms with van der Waals surface area (Å²) in [6.45, 7) is 1.04. The molecule has 0 saturated carbocycles. The summed E-state index contributed by atoms with van der Waals surface area (Å²) in [5.74, 6) is -3.90. The van der Waals surface area contributed by atoms with Crippen molar-refractivity contribution in [2.24, 2.45) is 0 Å². The van der Waals surface area contributed by atoms with Crippen LogP contribution in [0.2, 0.25) is 0 Å². The molecule has 0 amide bonds. The Hall–Kier alpha value is -4.31. The van der Waals surface area contributed by atoms with Gasteiger partial charge in [-0.1, -0.05) is 43.5 Å². The number of nitriles is 1. The average molecular weight is 534 g/mol. The van der Waals surface area contributed by atoms with Gasteiger partial charge >= 0.3 is 0 Å². The normalized spacial score (nSPS) is 10.7. The van der Waals surface area contributed by atoms with Crippen molar-refractivity contribution in [1.29, 1.82) is 5.26 Å². The summed E-state index contributed by atoms with van der Waals surface area (Å²) in [7, 11) is 0. The Morgan fingerprint density at radius 3 is 1.62 bits per heavy atom. The van der Waals surface area contributed by atoms with Crippen LogP contribution < -0.4 is 9.47 Å². The van der Waals surface area contributed by atoms with Gasteiger partial charge in [-0.3, -0.25) is 0 Å². The number of hydrogen-bond acceptors (Lipinski definition) is 3. The van der Waals surface area contributed by atoms with Crippen molar-refractivity contribution in [3.63, 3.8) is 0 Å². The lowest BCUT2D eigenvalue weighted by atomic mass is 10.0. The molecule has 0 atom stereocenters. The van der Waals surface area contributed by atoms with Gasteiger partial charge in [-0.05, 0) is 78.1 Å². The summed E-state index contributed by atoms with van der Waals surface area (Å²) < 4.78 is 66.0. The topological polar surface area (TPSA) is 42.2 Å². The highest BCUT2D eigenvalue weighted by atomic mass is 19.2. The SMILES string of the molecule is N#Cc1ccc(-c2ccc(OCCCCCCCOc3ccc(-c4cc(F)c(F)c(F)c4)c(F)c3)cc2)cc1. The van der Waals surface area contributed by atoms with E-state index in [0.29, 0.717) is 24.5 Å². The summed E-state index contributed by atoms with van der Waals surface area (Å²) in [5, 5.41) is 8.91. The van der Waals surface area contributed by atoms with Crippen LogP contribution in [0.3, 0.4) is 0 Å². The number of rotatable bonds is 12. The monoisotopic (exact) mass is 533 g/mol. The molecular weight excluding hydrogens is 506 g/mol. The van der Waals surface area contributed by atoms with E-state index in [9.17, 15) is 17.6 Å². The van der Waals surface area contributed by atoms with Crippen molar-refractivity contribution in [2.75, 3.05) is 13.2 Å². The van der Waals surface area contributed by atoms with Gasteiger partial charge < -0.3 is 9.47 Å². The van der Waals surface area contributed by atoms with Crippen LogP contribution in [-0.2, 0) is 0 Å².